The molecule has 5 nitrogen and oxygen atoms in total. The van der Waals surface area contributed by atoms with Crippen molar-refractivity contribution in [3.63, 3.8) is 0 Å². The molecule has 102 valence electrons. The maximum Gasteiger partial charge on any atom is 0.315 e. The summed E-state index contributed by atoms with van der Waals surface area (Å²) in [5.41, 5.74) is 0.227. The van der Waals surface area contributed by atoms with Gasteiger partial charge in [-0.1, -0.05) is 20.8 Å². The molecular weight excluding hydrogens is 230 g/mol. The zero-order valence-electron chi connectivity index (χ0n) is 11.5. The molecule has 0 bridgehead atoms. The Hall–Kier alpha value is -1.26. The highest BCUT2D eigenvalue weighted by Gasteiger charge is 2.37. The first kappa shape index (κ1) is 13.2. The minimum Gasteiger partial charge on any atom is -0.338 e. The third-order valence-corrected chi connectivity index (χ3v) is 3.58. The van der Waals surface area contributed by atoms with Gasteiger partial charge in [-0.3, -0.25) is 4.79 Å². The topological polar surface area (TPSA) is 61.4 Å². The Kier molecular flexibility index (Phi) is 3.50. The van der Waals surface area contributed by atoms with Gasteiger partial charge in [-0.15, -0.1) is 0 Å². The summed E-state index contributed by atoms with van der Waals surface area (Å²) in [6, 6.07) is -0.284. The molecule has 0 radical (unpaired) electrons. The number of carbonyl (C=O) groups excluding carboxylic acids is 2. The summed E-state index contributed by atoms with van der Waals surface area (Å²) >= 11 is 0. The molecule has 0 aromatic carbocycles. The van der Waals surface area contributed by atoms with Gasteiger partial charge in [-0.2, -0.15) is 0 Å². The van der Waals surface area contributed by atoms with Crippen molar-refractivity contribution in [2.24, 2.45) is 5.41 Å². The number of nitrogens with zero attached hydrogens (tertiary/aromatic N) is 1. The number of hydrogen-bond acceptors (Lipinski definition) is 2. The molecule has 2 N–H and O–H groups in total. The van der Waals surface area contributed by atoms with Crippen molar-refractivity contribution in [3.05, 3.63) is 0 Å². The average molecular weight is 253 g/mol. The molecule has 2 atom stereocenters. The molecule has 2 saturated heterocycles. The fourth-order valence-electron chi connectivity index (χ4n) is 2.85. The normalized spacial score (nSPS) is 28.2. The van der Waals surface area contributed by atoms with E-state index < -0.39 is 0 Å². The molecule has 2 aliphatic heterocycles. The zero-order chi connectivity index (χ0) is 13.3. The van der Waals surface area contributed by atoms with Crippen molar-refractivity contribution in [3.8, 4) is 0 Å². The molecule has 2 heterocycles. The molecule has 18 heavy (non-hydrogen) atoms. The average Bonchev–Trinajstić information content (AvgIpc) is 2.84. The maximum absolute atomic E-state index is 12.4. The second-order valence-electron chi connectivity index (χ2n) is 6.50. The molecule has 0 unspecified atom stereocenters. The number of carbonyl (C=O) groups is 2. The molecule has 0 aromatic heterocycles. The lowest BCUT2D eigenvalue weighted by Crippen LogP contribution is -2.48. The molecule has 2 rings (SSSR count). The van der Waals surface area contributed by atoms with E-state index in [0.717, 1.165) is 25.8 Å². The fraction of sp³-hybridized carbons (Fsp3) is 0.846. The lowest BCUT2D eigenvalue weighted by molar-refractivity contribution is -0.133. The van der Waals surface area contributed by atoms with Gasteiger partial charge in [0, 0.05) is 19.1 Å². The van der Waals surface area contributed by atoms with E-state index >= 15 is 0 Å². The van der Waals surface area contributed by atoms with Crippen LogP contribution >= 0.6 is 0 Å². The van der Waals surface area contributed by atoms with Crippen molar-refractivity contribution in [1.82, 2.24) is 15.5 Å². The summed E-state index contributed by atoms with van der Waals surface area (Å²) in [4.78, 5) is 25.4. The van der Waals surface area contributed by atoms with E-state index in [0.29, 0.717) is 12.6 Å². The van der Waals surface area contributed by atoms with Gasteiger partial charge in [0.05, 0.1) is 0 Å². The Labute approximate surface area is 108 Å². The van der Waals surface area contributed by atoms with Gasteiger partial charge in [0.15, 0.2) is 0 Å². The van der Waals surface area contributed by atoms with Crippen LogP contribution in [0.5, 0.6) is 0 Å². The largest absolute Gasteiger partial charge is 0.338 e. The van der Waals surface area contributed by atoms with E-state index in [2.05, 4.69) is 31.4 Å². The second kappa shape index (κ2) is 4.78. The number of amides is 3. The summed E-state index contributed by atoms with van der Waals surface area (Å²) in [6.07, 6.45) is 3.17. The van der Waals surface area contributed by atoms with E-state index in [1.165, 1.54) is 0 Å². The Morgan fingerprint density at radius 1 is 1.44 bits per heavy atom. The SMILES string of the molecule is CC(C)(C)C[C@H]1CCCN1C(=O)[C@H]1CNC(=O)N1. The van der Waals surface area contributed by atoms with E-state index in [1.54, 1.807) is 0 Å². The summed E-state index contributed by atoms with van der Waals surface area (Å²) in [5, 5.41) is 5.31. The van der Waals surface area contributed by atoms with Gasteiger partial charge < -0.3 is 15.5 Å². The van der Waals surface area contributed by atoms with Crippen LogP contribution in [0.15, 0.2) is 0 Å². The first-order valence-corrected chi connectivity index (χ1v) is 6.72. The molecule has 5 heteroatoms. The van der Waals surface area contributed by atoms with Crippen LogP contribution in [0, 0.1) is 5.41 Å². The zero-order valence-corrected chi connectivity index (χ0v) is 11.5. The van der Waals surface area contributed by atoms with Gasteiger partial charge in [0.25, 0.3) is 0 Å². The predicted molar refractivity (Wildman–Crippen MR) is 69.1 cm³/mol. The Morgan fingerprint density at radius 2 is 2.17 bits per heavy atom. The monoisotopic (exact) mass is 253 g/mol. The number of urea groups is 1. The second-order valence-corrected chi connectivity index (χ2v) is 6.50. The van der Waals surface area contributed by atoms with Gasteiger partial charge >= 0.3 is 6.03 Å². The van der Waals surface area contributed by atoms with E-state index in [4.69, 9.17) is 0 Å². The van der Waals surface area contributed by atoms with Crippen LogP contribution in [0.4, 0.5) is 4.79 Å². The van der Waals surface area contributed by atoms with Gasteiger partial charge in [0.1, 0.15) is 6.04 Å². The molecule has 0 saturated carbocycles. The lowest BCUT2D eigenvalue weighted by atomic mass is 9.87. The van der Waals surface area contributed by atoms with Crippen molar-refractivity contribution in [1.29, 1.82) is 0 Å². The van der Waals surface area contributed by atoms with Crippen LogP contribution in [0.25, 0.3) is 0 Å². The third kappa shape index (κ3) is 2.94. The molecule has 2 fully saturated rings. The summed E-state index contributed by atoms with van der Waals surface area (Å²) < 4.78 is 0. The van der Waals surface area contributed by atoms with Crippen LogP contribution in [0.2, 0.25) is 0 Å². The van der Waals surface area contributed by atoms with E-state index in [9.17, 15) is 9.59 Å². The quantitative estimate of drug-likeness (QED) is 0.774. The van der Waals surface area contributed by atoms with Gasteiger partial charge in [0.2, 0.25) is 5.91 Å². The Balaban J connectivity index is 1.98. The van der Waals surface area contributed by atoms with Crippen molar-refractivity contribution in [2.45, 2.75) is 52.1 Å². The Bertz CT molecular complexity index is 349. The van der Waals surface area contributed by atoms with Gasteiger partial charge in [-0.05, 0) is 24.7 Å². The van der Waals surface area contributed by atoms with E-state index in [-0.39, 0.29) is 23.4 Å². The summed E-state index contributed by atoms with van der Waals surface area (Å²) in [7, 11) is 0. The third-order valence-electron chi connectivity index (χ3n) is 3.58. The van der Waals surface area contributed by atoms with Crippen molar-refractivity contribution >= 4 is 11.9 Å². The smallest absolute Gasteiger partial charge is 0.315 e. The highest BCUT2D eigenvalue weighted by molar-refractivity contribution is 5.90. The number of likely N-dealkylation sites (tertiary alicyclic amines) is 1. The van der Waals surface area contributed by atoms with Crippen LogP contribution in [-0.2, 0) is 4.79 Å². The molecule has 0 spiro atoms. The van der Waals surface area contributed by atoms with Crippen molar-refractivity contribution < 1.29 is 9.59 Å². The minimum atomic E-state index is -0.377. The Morgan fingerprint density at radius 3 is 2.72 bits per heavy atom. The van der Waals surface area contributed by atoms with Crippen LogP contribution in [-0.4, -0.2) is 42.0 Å². The lowest BCUT2D eigenvalue weighted by Gasteiger charge is -2.31. The van der Waals surface area contributed by atoms with Gasteiger partial charge in [-0.25, -0.2) is 4.79 Å². The highest BCUT2D eigenvalue weighted by atomic mass is 16.2. The van der Waals surface area contributed by atoms with E-state index in [1.807, 2.05) is 4.90 Å². The maximum atomic E-state index is 12.4. The number of hydrogen-bond donors (Lipinski definition) is 2. The standard InChI is InChI=1S/C13H23N3O2/c1-13(2,3)7-9-5-4-6-16(9)11(17)10-8-14-12(18)15-10/h9-10H,4-8H2,1-3H3,(H2,14,15,18)/t9-,10-/m1/s1. The predicted octanol–water partition coefficient (Wildman–Crippen LogP) is 1.09. The first-order valence-electron chi connectivity index (χ1n) is 6.72. The number of rotatable bonds is 2. The molecular formula is C13H23N3O2. The minimum absolute atomic E-state index is 0.0695. The molecule has 0 aromatic rings. The summed E-state index contributed by atoms with van der Waals surface area (Å²) in [6.45, 7) is 7.84. The molecule has 2 aliphatic rings. The fourth-order valence-corrected chi connectivity index (χ4v) is 2.85. The van der Waals surface area contributed by atoms with Crippen molar-refractivity contribution in [2.75, 3.05) is 13.1 Å². The number of nitrogens with one attached hydrogen (secondary N) is 2. The first-order chi connectivity index (χ1) is 8.37. The molecule has 0 aliphatic carbocycles. The highest BCUT2D eigenvalue weighted by Crippen LogP contribution is 2.30. The van der Waals surface area contributed by atoms with Crippen LogP contribution in [0.3, 0.4) is 0 Å². The summed E-state index contributed by atoms with van der Waals surface area (Å²) in [5.74, 6) is 0.0695. The molecule has 3 amide bonds. The van der Waals surface area contributed by atoms with Crippen LogP contribution < -0.4 is 10.6 Å². The van der Waals surface area contributed by atoms with Crippen LogP contribution in [0.1, 0.15) is 40.0 Å².